The van der Waals surface area contributed by atoms with Crippen LogP contribution in [0.2, 0.25) is 0 Å². The molecular formula is C13H14F4O8S. The summed E-state index contributed by atoms with van der Waals surface area (Å²) in [5, 5.41) is -5.76. The van der Waals surface area contributed by atoms with E-state index < -0.39 is 63.9 Å². The Labute approximate surface area is 144 Å². The highest BCUT2D eigenvalue weighted by Gasteiger charge is 2.68. The van der Waals surface area contributed by atoms with Crippen molar-refractivity contribution < 1.29 is 54.3 Å². The molecule has 4 unspecified atom stereocenters. The topological polar surface area (TPSA) is 116 Å². The Bertz CT molecular complexity index is 734. The van der Waals surface area contributed by atoms with E-state index in [1.165, 1.54) is 0 Å². The SMILES string of the molecule is O=C(CCC(F)(F)C(F)(F)S(=O)(=O)O)OC1CC2OC13CC2COC3=O. The minimum atomic E-state index is -6.37. The molecule has 3 aliphatic rings. The van der Waals surface area contributed by atoms with Crippen molar-refractivity contribution in [1.29, 1.82) is 0 Å². The molecule has 4 atom stereocenters. The number of esters is 2. The first-order chi connectivity index (χ1) is 11.8. The first kappa shape index (κ1) is 19.3. The Kier molecular flexibility index (Phi) is 4.28. The average Bonchev–Trinajstić information content (AvgIpc) is 3.01. The second-order valence-electron chi connectivity index (χ2n) is 6.52. The van der Waals surface area contributed by atoms with E-state index in [9.17, 15) is 35.6 Å². The Morgan fingerprint density at radius 3 is 2.62 bits per heavy atom. The number of carbonyl (C=O) groups is 2. The molecule has 3 aliphatic heterocycles. The van der Waals surface area contributed by atoms with Gasteiger partial charge in [0.15, 0.2) is 0 Å². The fourth-order valence-electron chi connectivity index (χ4n) is 3.47. The summed E-state index contributed by atoms with van der Waals surface area (Å²) in [6, 6.07) is 0. The van der Waals surface area contributed by atoms with Gasteiger partial charge in [-0.25, -0.2) is 4.79 Å². The highest BCUT2D eigenvalue weighted by molar-refractivity contribution is 7.87. The maximum Gasteiger partial charge on any atom is 0.431 e. The molecule has 3 heterocycles. The van der Waals surface area contributed by atoms with Crippen LogP contribution in [0.5, 0.6) is 0 Å². The number of alkyl halides is 4. The number of rotatable bonds is 6. The molecule has 0 aromatic heterocycles. The Balaban J connectivity index is 1.61. The first-order valence-electron chi connectivity index (χ1n) is 7.57. The van der Waals surface area contributed by atoms with Crippen LogP contribution in [-0.2, 0) is 33.9 Å². The predicted octanol–water partition coefficient (Wildman–Crippen LogP) is 0.899. The summed E-state index contributed by atoms with van der Waals surface area (Å²) in [4.78, 5) is 23.7. The van der Waals surface area contributed by atoms with E-state index in [-0.39, 0.29) is 25.4 Å². The van der Waals surface area contributed by atoms with Gasteiger partial charge in [0.25, 0.3) is 0 Å². The molecular weight excluding hydrogens is 392 g/mol. The molecule has 0 amide bonds. The lowest BCUT2D eigenvalue weighted by Crippen LogP contribution is -2.53. The Hall–Kier alpha value is -1.47. The molecule has 8 nitrogen and oxygen atoms in total. The van der Waals surface area contributed by atoms with Crippen LogP contribution in [0.25, 0.3) is 0 Å². The number of fused-ring (bicyclic) bond motifs is 3. The number of cyclic esters (lactones) is 1. The zero-order chi connectivity index (χ0) is 19.5. The number of halogens is 4. The number of hydrogen-bond donors (Lipinski definition) is 1. The van der Waals surface area contributed by atoms with E-state index in [4.69, 9.17) is 18.8 Å². The summed E-state index contributed by atoms with van der Waals surface area (Å²) in [6.45, 7) is 0.169. The van der Waals surface area contributed by atoms with Crippen molar-refractivity contribution >= 4 is 22.1 Å². The lowest BCUT2D eigenvalue weighted by atomic mass is 9.78. The molecule has 3 saturated heterocycles. The number of carbonyl (C=O) groups excluding carboxylic acids is 2. The van der Waals surface area contributed by atoms with Gasteiger partial charge in [0.05, 0.1) is 19.1 Å². The van der Waals surface area contributed by atoms with Gasteiger partial charge in [0, 0.05) is 18.8 Å². The van der Waals surface area contributed by atoms with Gasteiger partial charge in [-0.15, -0.1) is 0 Å². The van der Waals surface area contributed by atoms with Crippen LogP contribution in [0.4, 0.5) is 17.6 Å². The highest BCUT2D eigenvalue weighted by atomic mass is 32.2. The third kappa shape index (κ3) is 2.76. The summed E-state index contributed by atoms with van der Waals surface area (Å²) in [6.07, 6.45) is -4.25. The maximum absolute atomic E-state index is 13.4. The Morgan fingerprint density at radius 2 is 2.00 bits per heavy atom. The van der Waals surface area contributed by atoms with Gasteiger partial charge in [0.2, 0.25) is 5.60 Å². The zero-order valence-corrected chi connectivity index (χ0v) is 13.8. The monoisotopic (exact) mass is 406 g/mol. The van der Waals surface area contributed by atoms with Crippen LogP contribution in [0.15, 0.2) is 0 Å². The van der Waals surface area contributed by atoms with Crippen molar-refractivity contribution in [2.45, 2.75) is 54.7 Å². The predicted molar refractivity (Wildman–Crippen MR) is 71.8 cm³/mol. The normalized spacial score (nSPS) is 33.9. The molecule has 0 saturated carbocycles. The number of hydrogen-bond acceptors (Lipinski definition) is 7. The molecule has 3 bridgehead atoms. The smallest absolute Gasteiger partial charge is 0.431 e. The van der Waals surface area contributed by atoms with Crippen LogP contribution in [0.3, 0.4) is 0 Å². The summed E-state index contributed by atoms with van der Waals surface area (Å²) in [5.74, 6) is -7.32. The van der Waals surface area contributed by atoms with Crippen LogP contribution < -0.4 is 0 Å². The van der Waals surface area contributed by atoms with Crippen molar-refractivity contribution in [1.82, 2.24) is 0 Å². The van der Waals surface area contributed by atoms with Crippen LogP contribution in [0, 0.1) is 5.92 Å². The summed E-state index contributed by atoms with van der Waals surface area (Å²) < 4.78 is 97.4. The second kappa shape index (κ2) is 5.76. The van der Waals surface area contributed by atoms with Crippen molar-refractivity contribution in [3.8, 4) is 0 Å². The van der Waals surface area contributed by atoms with Gasteiger partial charge in [-0.3, -0.25) is 9.35 Å². The molecule has 26 heavy (non-hydrogen) atoms. The van der Waals surface area contributed by atoms with Gasteiger partial charge in [-0.1, -0.05) is 0 Å². The van der Waals surface area contributed by atoms with Gasteiger partial charge in [-0.05, 0) is 6.42 Å². The van der Waals surface area contributed by atoms with Crippen LogP contribution in [-0.4, -0.2) is 60.5 Å². The minimum absolute atomic E-state index is 0.0552. The largest absolute Gasteiger partial charge is 0.463 e. The molecule has 1 spiro atoms. The molecule has 0 aromatic rings. The van der Waals surface area contributed by atoms with Gasteiger partial charge in [-0.2, -0.15) is 26.0 Å². The standard InChI is InChI=1S/C13H14F4O8S/c14-12(15,13(16,17)26(20,21)22)2-1-9(18)24-8-3-7-6-4-11(8,25-7)10(19)23-5-6/h6-8H,1-5H2,(H,20,21,22). The van der Waals surface area contributed by atoms with Crippen LogP contribution in [0.1, 0.15) is 25.7 Å². The molecule has 3 rings (SSSR count). The molecule has 1 N–H and O–H groups in total. The van der Waals surface area contributed by atoms with E-state index >= 15 is 0 Å². The van der Waals surface area contributed by atoms with E-state index in [0.29, 0.717) is 0 Å². The molecule has 0 radical (unpaired) electrons. The van der Waals surface area contributed by atoms with E-state index in [1.54, 1.807) is 0 Å². The van der Waals surface area contributed by atoms with Crippen molar-refractivity contribution in [3.05, 3.63) is 0 Å². The Morgan fingerprint density at radius 1 is 1.35 bits per heavy atom. The molecule has 0 aromatic carbocycles. The molecule has 148 valence electrons. The summed E-state index contributed by atoms with van der Waals surface area (Å²) in [7, 11) is -6.37. The van der Waals surface area contributed by atoms with Crippen molar-refractivity contribution in [2.75, 3.05) is 6.61 Å². The van der Waals surface area contributed by atoms with Crippen molar-refractivity contribution in [3.63, 3.8) is 0 Å². The third-order valence-corrected chi connectivity index (χ3v) is 5.81. The fraction of sp³-hybridized carbons (Fsp3) is 0.846. The fourth-order valence-corrected chi connectivity index (χ4v) is 3.95. The summed E-state index contributed by atoms with van der Waals surface area (Å²) >= 11 is 0. The van der Waals surface area contributed by atoms with Gasteiger partial charge >= 0.3 is 33.2 Å². The second-order valence-corrected chi connectivity index (χ2v) is 7.98. The van der Waals surface area contributed by atoms with E-state index in [0.717, 1.165) is 0 Å². The summed E-state index contributed by atoms with van der Waals surface area (Å²) in [5.41, 5.74) is -1.51. The maximum atomic E-state index is 13.4. The lowest BCUT2D eigenvalue weighted by Gasteiger charge is -2.35. The van der Waals surface area contributed by atoms with Crippen LogP contribution >= 0.6 is 0 Å². The average molecular weight is 406 g/mol. The molecule has 0 aliphatic carbocycles. The number of ether oxygens (including phenoxy) is 3. The van der Waals surface area contributed by atoms with Crippen molar-refractivity contribution in [2.24, 2.45) is 5.92 Å². The first-order valence-corrected chi connectivity index (χ1v) is 9.01. The molecule has 13 heteroatoms. The quantitative estimate of drug-likeness (QED) is 0.393. The molecule has 3 fully saturated rings. The lowest BCUT2D eigenvalue weighted by molar-refractivity contribution is -0.187. The third-order valence-electron chi connectivity index (χ3n) is 4.86. The highest BCUT2D eigenvalue weighted by Crippen LogP contribution is 2.52. The van der Waals surface area contributed by atoms with Gasteiger partial charge in [0.1, 0.15) is 6.10 Å². The van der Waals surface area contributed by atoms with Gasteiger partial charge < -0.3 is 14.2 Å². The van der Waals surface area contributed by atoms with E-state index in [1.807, 2.05) is 0 Å². The zero-order valence-electron chi connectivity index (χ0n) is 13.0. The van der Waals surface area contributed by atoms with E-state index in [2.05, 4.69) is 0 Å². The minimum Gasteiger partial charge on any atom is -0.463 e.